The normalized spacial score (nSPS) is 28.4. The van der Waals surface area contributed by atoms with Crippen molar-refractivity contribution in [3.8, 4) is 0 Å². The minimum absolute atomic E-state index is 0.0447. The van der Waals surface area contributed by atoms with Crippen molar-refractivity contribution in [2.45, 2.75) is 65.3 Å². The Labute approximate surface area is 127 Å². The molecule has 2 nitrogen and oxygen atoms in total. The van der Waals surface area contributed by atoms with E-state index in [0.717, 1.165) is 23.1 Å². The molecule has 0 amide bonds. The Morgan fingerprint density at radius 2 is 1.95 bits per heavy atom. The summed E-state index contributed by atoms with van der Waals surface area (Å²) >= 11 is 5.97. The second-order valence-corrected chi connectivity index (χ2v) is 7.21. The fourth-order valence-corrected chi connectivity index (χ4v) is 3.67. The lowest BCUT2D eigenvalue weighted by molar-refractivity contribution is 0.0990. The molecule has 1 aromatic rings. The standard InChI is InChI=1S/C17H26ClNO/c1-10-6-7-15(8-11(10)2)19-12(3)9-16(14(19)5)17(20)13(4)18/h9-11,13,15H,6-8H2,1-5H3. The van der Waals surface area contributed by atoms with Gasteiger partial charge in [0.1, 0.15) is 0 Å². The Morgan fingerprint density at radius 3 is 2.50 bits per heavy atom. The maximum Gasteiger partial charge on any atom is 0.182 e. The summed E-state index contributed by atoms with van der Waals surface area (Å²) in [5.41, 5.74) is 3.08. The van der Waals surface area contributed by atoms with E-state index in [4.69, 9.17) is 11.6 Å². The van der Waals surface area contributed by atoms with Gasteiger partial charge in [0, 0.05) is 23.0 Å². The minimum atomic E-state index is -0.450. The van der Waals surface area contributed by atoms with Crippen molar-refractivity contribution >= 4 is 17.4 Å². The molecule has 0 spiro atoms. The van der Waals surface area contributed by atoms with Gasteiger partial charge in [0.05, 0.1) is 5.38 Å². The summed E-state index contributed by atoms with van der Waals surface area (Å²) in [5.74, 6) is 1.61. The van der Waals surface area contributed by atoms with Gasteiger partial charge < -0.3 is 4.57 Å². The molecule has 0 N–H and O–H groups in total. The highest BCUT2D eigenvalue weighted by molar-refractivity contribution is 6.33. The van der Waals surface area contributed by atoms with Gasteiger partial charge in [0.25, 0.3) is 0 Å². The second-order valence-electron chi connectivity index (χ2n) is 6.56. The molecule has 0 radical (unpaired) electrons. The monoisotopic (exact) mass is 295 g/mol. The van der Waals surface area contributed by atoms with E-state index < -0.39 is 5.38 Å². The maximum atomic E-state index is 12.2. The van der Waals surface area contributed by atoms with Crippen LogP contribution in [-0.4, -0.2) is 15.7 Å². The van der Waals surface area contributed by atoms with Crippen LogP contribution >= 0.6 is 11.6 Å². The van der Waals surface area contributed by atoms with Crippen molar-refractivity contribution in [3.63, 3.8) is 0 Å². The molecule has 0 aliphatic heterocycles. The number of halogens is 1. The Morgan fingerprint density at radius 1 is 1.30 bits per heavy atom. The van der Waals surface area contributed by atoms with Gasteiger partial charge in [-0.3, -0.25) is 4.79 Å². The molecule has 1 aliphatic carbocycles. The number of nitrogens with zero attached hydrogens (tertiary/aromatic N) is 1. The topological polar surface area (TPSA) is 22.0 Å². The largest absolute Gasteiger partial charge is 0.345 e. The number of alkyl halides is 1. The number of carbonyl (C=O) groups excluding carboxylic acids is 1. The van der Waals surface area contributed by atoms with E-state index in [-0.39, 0.29) is 5.78 Å². The molecule has 1 aliphatic rings. The van der Waals surface area contributed by atoms with Gasteiger partial charge in [0.15, 0.2) is 5.78 Å². The number of hydrogen-bond donors (Lipinski definition) is 0. The van der Waals surface area contributed by atoms with E-state index in [2.05, 4.69) is 32.3 Å². The zero-order valence-electron chi connectivity index (χ0n) is 13.2. The molecule has 112 valence electrons. The van der Waals surface area contributed by atoms with Crippen molar-refractivity contribution in [3.05, 3.63) is 23.0 Å². The number of aryl methyl sites for hydroxylation is 1. The zero-order valence-corrected chi connectivity index (χ0v) is 14.0. The molecule has 20 heavy (non-hydrogen) atoms. The van der Waals surface area contributed by atoms with Crippen LogP contribution in [0, 0.1) is 25.7 Å². The Hall–Kier alpha value is -0.760. The van der Waals surface area contributed by atoms with Gasteiger partial charge in [-0.1, -0.05) is 13.8 Å². The summed E-state index contributed by atoms with van der Waals surface area (Å²) < 4.78 is 2.37. The first kappa shape index (κ1) is 15.6. The molecule has 0 aromatic carbocycles. The van der Waals surface area contributed by atoms with E-state index in [9.17, 15) is 4.79 Å². The fraction of sp³-hybridized carbons (Fsp3) is 0.706. The van der Waals surface area contributed by atoms with Crippen molar-refractivity contribution < 1.29 is 4.79 Å². The molecule has 1 aromatic heterocycles. The third kappa shape index (κ3) is 2.81. The van der Waals surface area contributed by atoms with Gasteiger partial charge in [-0.15, -0.1) is 11.6 Å². The number of hydrogen-bond acceptors (Lipinski definition) is 1. The van der Waals surface area contributed by atoms with Gasteiger partial charge in [-0.2, -0.15) is 0 Å². The second kappa shape index (κ2) is 5.93. The van der Waals surface area contributed by atoms with Crippen molar-refractivity contribution in [2.75, 3.05) is 0 Å². The molecular weight excluding hydrogens is 270 g/mol. The summed E-state index contributed by atoms with van der Waals surface area (Å²) in [5, 5.41) is -0.450. The summed E-state index contributed by atoms with van der Waals surface area (Å²) in [6.45, 7) is 10.6. The predicted molar refractivity (Wildman–Crippen MR) is 84.8 cm³/mol. The lowest BCUT2D eigenvalue weighted by Crippen LogP contribution is -2.24. The predicted octanol–water partition coefficient (Wildman–Crippen LogP) is 4.91. The maximum absolute atomic E-state index is 12.2. The molecule has 0 saturated heterocycles. The molecule has 4 atom stereocenters. The van der Waals surface area contributed by atoms with Crippen molar-refractivity contribution in [2.24, 2.45) is 11.8 Å². The third-order valence-electron chi connectivity index (χ3n) is 5.05. The molecular formula is C17H26ClNO. The summed E-state index contributed by atoms with van der Waals surface area (Å²) in [4.78, 5) is 12.2. The van der Waals surface area contributed by atoms with Crippen molar-refractivity contribution in [1.82, 2.24) is 4.57 Å². The molecule has 4 unspecified atom stereocenters. The van der Waals surface area contributed by atoms with Crippen LogP contribution in [0.25, 0.3) is 0 Å². The van der Waals surface area contributed by atoms with Crippen LogP contribution in [-0.2, 0) is 0 Å². The molecule has 1 fully saturated rings. The first-order chi connectivity index (χ1) is 9.32. The molecule has 2 rings (SSSR count). The van der Waals surface area contributed by atoms with E-state index in [0.29, 0.717) is 6.04 Å². The smallest absolute Gasteiger partial charge is 0.182 e. The number of ketones is 1. The molecule has 0 bridgehead atoms. The van der Waals surface area contributed by atoms with Crippen LogP contribution in [0.4, 0.5) is 0 Å². The third-order valence-corrected chi connectivity index (χ3v) is 5.24. The average Bonchev–Trinajstić information content (AvgIpc) is 2.67. The molecule has 1 saturated carbocycles. The Balaban J connectivity index is 2.31. The molecule has 3 heteroatoms. The average molecular weight is 296 g/mol. The highest BCUT2D eigenvalue weighted by Crippen LogP contribution is 2.38. The number of rotatable bonds is 3. The van der Waals surface area contributed by atoms with E-state index in [1.807, 2.05) is 6.07 Å². The lowest BCUT2D eigenvalue weighted by Gasteiger charge is -2.34. The Kier molecular flexibility index (Phi) is 4.63. The first-order valence-electron chi connectivity index (χ1n) is 7.69. The summed E-state index contributed by atoms with van der Waals surface area (Å²) in [6.07, 6.45) is 3.70. The number of carbonyl (C=O) groups is 1. The van der Waals surface area contributed by atoms with Crippen LogP contribution in [0.1, 0.15) is 67.8 Å². The summed E-state index contributed by atoms with van der Waals surface area (Å²) in [6, 6.07) is 2.55. The van der Waals surface area contributed by atoms with Crippen LogP contribution in [0.2, 0.25) is 0 Å². The number of Topliss-reactive ketones (excluding diaryl/α,β-unsaturated/α-hetero) is 1. The van der Waals surface area contributed by atoms with Crippen LogP contribution in [0.3, 0.4) is 0 Å². The van der Waals surface area contributed by atoms with Crippen LogP contribution in [0.5, 0.6) is 0 Å². The number of aromatic nitrogens is 1. The minimum Gasteiger partial charge on any atom is -0.345 e. The highest BCUT2D eigenvalue weighted by Gasteiger charge is 2.29. The van der Waals surface area contributed by atoms with E-state index >= 15 is 0 Å². The SMILES string of the molecule is Cc1cc(C(=O)C(C)Cl)c(C)n1C1CCC(C)C(C)C1. The fourth-order valence-electron chi connectivity index (χ4n) is 3.56. The van der Waals surface area contributed by atoms with Crippen LogP contribution < -0.4 is 0 Å². The van der Waals surface area contributed by atoms with Gasteiger partial charge in [-0.25, -0.2) is 0 Å². The summed E-state index contributed by atoms with van der Waals surface area (Å²) in [7, 11) is 0. The zero-order chi connectivity index (χ0) is 15.0. The van der Waals surface area contributed by atoms with E-state index in [1.165, 1.54) is 25.0 Å². The lowest BCUT2D eigenvalue weighted by atomic mass is 9.79. The highest BCUT2D eigenvalue weighted by atomic mass is 35.5. The van der Waals surface area contributed by atoms with Crippen molar-refractivity contribution in [1.29, 1.82) is 0 Å². The first-order valence-corrected chi connectivity index (χ1v) is 8.13. The Bertz CT molecular complexity index is 503. The quantitative estimate of drug-likeness (QED) is 0.573. The molecule has 1 heterocycles. The van der Waals surface area contributed by atoms with E-state index in [1.54, 1.807) is 6.92 Å². The van der Waals surface area contributed by atoms with Gasteiger partial charge in [0.2, 0.25) is 0 Å². The van der Waals surface area contributed by atoms with Gasteiger partial charge in [-0.05, 0) is 57.9 Å². The van der Waals surface area contributed by atoms with Crippen LogP contribution in [0.15, 0.2) is 6.07 Å². The van der Waals surface area contributed by atoms with Gasteiger partial charge >= 0.3 is 0 Å².